The molecule has 0 saturated carbocycles. The predicted octanol–water partition coefficient (Wildman–Crippen LogP) is 0.367. The lowest BCUT2D eigenvalue weighted by molar-refractivity contribution is -0.124. The first-order chi connectivity index (χ1) is 7.15. The second-order valence-electron chi connectivity index (χ2n) is 3.37. The molecule has 5 nitrogen and oxygen atoms in total. The fourth-order valence-corrected chi connectivity index (χ4v) is 1.13. The van der Waals surface area contributed by atoms with Gasteiger partial charge in [0.15, 0.2) is 0 Å². The van der Waals surface area contributed by atoms with E-state index in [0.29, 0.717) is 6.42 Å². The molecule has 2 unspecified atom stereocenters. The highest BCUT2D eigenvalue weighted by molar-refractivity contribution is 5.79. The molecule has 1 rings (SSSR count). The van der Waals surface area contributed by atoms with Crippen LogP contribution in [0.15, 0.2) is 12.7 Å². The van der Waals surface area contributed by atoms with Gasteiger partial charge in [-0.2, -0.15) is 5.10 Å². The van der Waals surface area contributed by atoms with Crippen molar-refractivity contribution in [2.75, 3.05) is 0 Å². The SMILES string of the molecule is C#CCC(C)NC(=O)C(C)n1cncn1. The van der Waals surface area contributed by atoms with Gasteiger partial charge in [0.25, 0.3) is 0 Å². The third kappa shape index (κ3) is 3.09. The first-order valence-corrected chi connectivity index (χ1v) is 4.73. The molecule has 1 heterocycles. The third-order valence-electron chi connectivity index (χ3n) is 2.03. The van der Waals surface area contributed by atoms with Crippen LogP contribution in [0.3, 0.4) is 0 Å². The molecule has 1 amide bonds. The summed E-state index contributed by atoms with van der Waals surface area (Å²) < 4.78 is 1.50. The average molecular weight is 206 g/mol. The first-order valence-electron chi connectivity index (χ1n) is 4.73. The van der Waals surface area contributed by atoms with Crippen molar-refractivity contribution in [1.82, 2.24) is 20.1 Å². The van der Waals surface area contributed by atoms with Crippen LogP contribution in [0.4, 0.5) is 0 Å². The van der Waals surface area contributed by atoms with Crippen LogP contribution >= 0.6 is 0 Å². The lowest BCUT2D eigenvalue weighted by atomic mass is 10.2. The van der Waals surface area contributed by atoms with Crippen molar-refractivity contribution >= 4 is 5.91 Å². The Hall–Kier alpha value is -1.83. The molecular formula is C10H14N4O. The summed E-state index contributed by atoms with van der Waals surface area (Å²) in [6, 6.07) is -0.388. The number of hydrogen-bond acceptors (Lipinski definition) is 3. The molecule has 0 aromatic carbocycles. The number of carbonyl (C=O) groups excluding carboxylic acids is 1. The van der Waals surface area contributed by atoms with Crippen molar-refractivity contribution in [3.8, 4) is 12.3 Å². The van der Waals surface area contributed by atoms with Gasteiger partial charge in [0.05, 0.1) is 0 Å². The fourth-order valence-electron chi connectivity index (χ4n) is 1.13. The molecule has 0 fully saturated rings. The number of carbonyl (C=O) groups is 1. The monoisotopic (exact) mass is 206 g/mol. The molecule has 0 saturated heterocycles. The largest absolute Gasteiger partial charge is 0.351 e. The first kappa shape index (κ1) is 11.2. The molecule has 1 N–H and O–H groups in total. The summed E-state index contributed by atoms with van der Waals surface area (Å²) in [5.41, 5.74) is 0. The van der Waals surface area contributed by atoms with Crippen molar-refractivity contribution in [1.29, 1.82) is 0 Å². The van der Waals surface area contributed by atoms with E-state index in [4.69, 9.17) is 6.42 Å². The van der Waals surface area contributed by atoms with E-state index in [-0.39, 0.29) is 18.0 Å². The van der Waals surface area contributed by atoms with E-state index in [1.54, 1.807) is 6.92 Å². The quantitative estimate of drug-likeness (QED) is 0.724. The summed E-state index contributed by atoms with van der Waals surface area (Å²) in [6.07, 6.45) is 8.58. The van der Waals surface area contributed by atoms with E-state index in [1.165, 1.54) is 17.3 Å². The maximum atomic E-state index is 11.7. The number of nitrogens with zero attached hydrogens (tertiary/aromatic N) is 3. The van der Waals surface area contributed by atoms with Crippen LogP contribution < -0.4 is 5.32 Å². The average Bonchev–Trinajstić information content (AvgIpc) is 2.69. The summed E-state index contributed by atoms with van der Waals surface area (Å²) in [5, 5.41) is 6.69. The standard InChI is InChI=1S/C10H14N4O/c1-4-5-8(2)13-10(15)9(3)14-7-11-6-12-14/h1,6-9H,5H2,2-3H3,(H,13,15). The van der Waals surface area contributed by atoms with Gasteiger partial charge in [-0.25, -0.2) is 9.67 Å². The fraction of sp³-hybridized carbons (Fsp3) is 0.500. The van der Waals surface area contributed by atoms with E-state index in [9.17, 15) is 4.79 Å². The summed E-state index contributed by atoms with van der Waals surface area (Å²) in [4.78, 5) is 15.4. The van der Waals surface area contributed by atoms with Crippen molar-refractivity contribution in [2.45, 2.75) is 32.4 Å². The summed E-state index contributed by atoms with van der Waals surface area (Å²) in [5.74, 6) is 2.39. The molecule has 0 aliphatic rings. The zero-order chi connectivity index (χ0) is 11.3. The zero-order valence-electron chi connectivity index (χ0n) is 8.84. The Kier molecular flexibility index (Phi) is 3.86. The highest BCUT2D eigenvalue weighted by Crippen LogP contribution is 2.02. The summed E-state index contributed by atoms with van der Waals surface area (Å²) in [7, 11) is 0. The molecular weight excluding hydrogens is 192 g/mol. The number of nitrogens with one attached hydrogen (secondary N) is 1. The highest BCUT2D eigenvalue weighted by Gasteiger charge is 2.16. The lowest BCUT2D eigenvalue weighted by Gasteiger charge is -2.15. The summed E-state index contributed by atoms with van der Waals surface area (Å²) >= 11 is 0. The van der Waals surface area contributed by atoms with E-state index in [2.05, 4.69) is 21.3 Å². The van der Waals surface area contributed by atoms with Crippen LogP contribution in [0.25, 0.3) is 0 Å². The lowest BCUT2D eigenvalue weighted by Crippen LogP contribution is -2.37. The van der Waals surface area contributed by atoms with Gasteiger partial charge in [-0.05, 0) is 13.8 Å². The van der Waals surface area contributed by atoms with Crippen LogP contribution in [0.5, 0.6) is 0 Å². The van der Waals surface area contributed by atoms with Gasteiger partial charge < -0.3 is 5.32 Å². The minimum Gasteiger partial charge on any atom is -0.351 e. The number of aromatic nitrogens is 3. The van der Waals surface area contributed by atoms with Gasteiger partial charge in [0.2, 0.25) is 5.91 Å². The summed E-state index contributed by atoms with van der Waals surface area (Å²) in [6.45, 7) is 3.62. The Morgan fingerprint density at radius 3 is 2.93 bits per heavy atom. The van der Waals surface area contributed by atoms with Gasteiger partial charge in [0, 0.05) is 12.5 Å². The van der Waals surface area contributed by atoms with Gasteiger partial charge in [-0.1, -0.05) is 0 Å². The van der Waals surface area contributed by atoms with Gasteiger partial charge >= 0.3 is 0 Å². The molecule has 0 spiro atoms. The van der Waals surface area contributed by atoms with Crippen LogP contribution in [0, 0.1) is 12.3 Å². The maximum Gasteiger partial charge on any atom is 0.244 e. The Balaban J connectivity index is 2.51. The molecule has 0 radical (unpaired) electrons. The van der Waals surface area contributed by atoms with Crippen LogP contribution in [-0.4, -0.2) is 26.7 Å². The zero-order valence-corrected chi connectivity index (χ0v) is 8.84. The Morgan fingerprint density at radius 2 is 2.40 bits per heavy atom. The molecule has 80 valence electrons. The van der Waals surface area contributed by atoms with Crippen molar-refractivity contribution in [3.63, 3.8) is 0 Å². The maximum absolute atomic E-state index is 11.7. The normalized spacial score (nSPS) is 13.9. The second kappa shape index (κ2) is 5.15. The van der Waals surface area contributed by atoms with E-state index >= 15 is 0 Å². The predicted molar refractivity (Wildman–Crippen MR) is 55.8 cm³/mol. The number of terminal acetylenes is 1. The highest BCUT2D eigenvalue weighted by atomic mass is 16.2. The van der Waals surface area contributed by atoms with Gasteiger partial charge in [0.1, 0.15) is 18.7 Å². The van der Waals surface area contributed by atoms with Gasteiger partial charge in [-0.3, -0.25) is 4.79 Å². The molecule has 0 bridgehead atoms. The molecule has 0 aliphatic carbocycles. The molecule has 1 aromatic rings. The number of rotatable bonds is 4. The van der Waals surface area contributed by atoms with E-state index in [0.717, 1.165) is 0 Å². The smallest absolute Gasteiger partial charge is 0.244 e. The topological polar surface area (TPSA) is 59.8 Å². The molecule has 1 aromatic heterocycles. The van der Waals surface area contributed by atoms with Gasteiger partial charge in [-0.15, -0.1) is 12.3 Å². The minimum atomic E-state index is -0.368. The molecule has 5 heteroatoms. The number of amides is 1. The number of hydrogen-bond donors (Lipinski definition) is 1. The van der Waals surface area contributed by atoms with E-state index in [1.807, 2.05) is 6.92 Å². The Morgan fingerprint density at radius 1 is 1.67 bits per heavy atom. The van der Waals surface area contributed by atoms with E-state index < -0.39 is 0 Å². The molecule has 2 atom stereocenters. The van der Waals surface area contributed by atoms with Crippen LogP contribution in [0.2, 0.25) is 0 Å². The molecule has 15 heavy (non-hydrogen) atoms. The van der Waals surface area contributed by atoms with Crippen LogP contribution in [0.1, 0.15) is 26.3 Å². The second-order valence-corrected chi connectivity index (χ2v) is 3.37. The Bertz CT molecular complexity index is 352. The molecule has 0 aliphatic heterocycles. The van der Waals surface area contributed by atoms with Crippen LogP contribution in [-0.2, 0) is 4.79 Å². The van der Waals surface area contributed by atoms with Crippen molar-refractivity contribution < 1.29 is 4.79 Å². The Labute approximate surface area is 88.9 Å². The third-order valence-corrected chi connectivity index (χ3v) is 2.03. The minimum absolute atomic E-state index is 0.0199. The van der Waals surface area contributed by atoms with Crippen molar-refractivity contribution in [2.24, 2.45) is 0 Å². The van der Waals surface area contributed by atoms with Crippen molar-refractivity contribution in [3.05, 3.63) is 12.7 Å².